The SMILES string of the molecule is CCN(CC)CC(=O)N1CCN(c2cc(C)nc3ccccc23)CC1. The lowest BCUT2D eigenvalue weighted by Crippen LogP contribution is -2.51. The summed E-state index contributed by atoms with van der Waals surface area (Å²) in [5, 5.41) is 1.19. The maximum absolute atomic E-state index is 12.5. The van der Waals surface area contributed by atoms with Gasteiger partial charge in [-0.3, -0.25) is 14.7 Å². The number of aryl methyl sites for hydroxylation is 1. The maximum Gasteiger partial charge on any atom is 0.236 e. The maximum atomic E-state index is 12.5. The van der Waals surface area contributed by atoms with Crippen LogP contribution in [0.2, 0.25) is 0 Å². The zero-order valence-corrected chi connectivity index (χ0v) is 15.5. The number of hydrogen-bond donors (Lipinski definition) is 0. The quantitative estimate of drug-likeness (QED) is 0.839. The molecule has 2 aromatic rings. The Labute approximate surface area is 150 Å². The Balaban J connectivity index is 1.70. The molecule has 0 aliphatic carbocycles. The number of hydrogen-bond acceptors (Lipinski definition) is 4. The fourth-order valence-electron chi connectivity index (χ4n) is 3.48. The third-order valence-electron chi connectivity index (χ3n) is 5.05. The van der Waals surface area contributed by atoms with Crippen molar-refractivity contribution in [2.24, 2.45) is 0 Å². The monoisotopic (exact) mass is 340 g/mol. The molecule has 25 heavy (non-hydrogen) atoms. The second-order valence-corrected chi connectivity index (χ2v) is 6.63. The first kappa shape index (κ1) is 17.7. The molecule has 134 valence electrons. The van der Waals surface area contributed by atoms with Crippen molar-refractivity contribution in [1.82, 2.24) is 14.8 Å². The molecule has 1 amide bonds. The summed E-state index contributed by atoms with van der Waals surface area (Å²) in [6, 6.07) is 10.5. The molecule has 1 aliphatic rings. The minimum atomic E-state index is 0.249. The van der Waals surface area contributed by atoms with Gasteiger partial charge in [0.2, 0.25) is 5.91 Å². The zero-order valence-electron chi connectivity index (χ0n) is 15.5. The largest absolute Gasteiger partial charge is 0.367 e. The van der Waals surface area contributed by atoms with Gasteiger partial charge in [-0.25, -0.2) is 0 Å². The van der Waals surface area contributed by atoms with Crippen molar-refractivity contribution in [2.75, 3.05) is 50.7 Å². The fourth-order valence-corrected chi connectivity index (χ4v) is 3.48. The number of pyridine rings is 1. The molecule has 0 atom stereocenters. The standard InChI is InChI=1S/C20H28N4O/c1-4-22(5-2)15-20(25)24-12-10-23(11-13-24)19-14-16(3)21-18-9-7-6-8-17(18)19/h6-9,14H,4-5,10-13,15H2,1-3H3. The molecule has 1 saturated heterocycles. The second kappa shape index (κ2) is 7.83. The van der Waals surface area contributed by atoms with Crippen molar-refractivity contribution in [3.63, 3.8) is 0 Å². The molecule has 2 heterocycles. The van der Waals surface area contributed by atoms with Gasteiger partial charge < -0.3 is 9.80 Å². The summed E-state index contributed by atoms with van der Waals surface area (Å²) in [5.74, 6) is 0.249. The molecular weight excluding hydrogens is 312 g/mol. The highest BCUT2D eigenvalue weighted by Crippen LogP contribution is 2.27. The molecule has 0 spiro atoms. The molecule has 0 saturated carbocycles. The summed E-state index contributed by atoms with van der Waals surface area (Å²) in [7, 11) is 0. The van der Waals surface area contributed by atoms with Gasteiger partial charge in [-0.1, -0.05) is 32.0 Å². The molecule has 5 nitrogen and oxygen atoms in total. The number of carbonyl (C=O) groups is 1. The molecular formula is C20H28N4O. The second-order valence-electron chi connectivity index (χ2n) is 6.63. The molecule has 0 unspecified atom stereocenters. The highest BCUT2D eigenvalue weighted by atomic mass is 16.2. The lowest BCUT2D eigenvalue weighted by Gasteiger charge is -2.37. The van der Waals surface area contributed by atoms with Crippen LogP contribution >= 0.6 is 0 Å². The number of benzene rings is 1. The normalized spacial score (nSPS) is 15.2. The van der Waals surface area contributed by atoms with Crippen LogP contribution in [0.15, 0.2) is 30.3 Å². The molecule has 3 rings (SSSR count). The smallest absolute Gasteiger partial charge is 0.236 e. The first-order chi connectivity index (χ1) is 12.1. The summed E-state index contributed by atoms with van der Waals surface area (Å²) in [5.41, 5.74) is 3.31. The van der Waals surface area contributed by atoms with E-state index in [0.29, 0.717) is 6.54 Å². The molecule has 0 N–H and O–H groups in total. The van der Waals surface area contributed by atoms with Crippen LogP contribution in [0.5, 0.6) is 0 Å². The van der Waals surface area contributed by atoms with Crippen molar-refractivity contribution < 1.29 is 4.79 Å². The van der Waals surface area contributed by atoms with Crippen molar-refractivity contribution in [3.8, 4) is 0 Å². The Morgan fingerprint density at radius 3 is 2.48 bits per heavy atom. The number of nitrogens with zero attached hydrogens (tertiary/aromatic N) is 4. The minimum absolute atomic E-state index is 0.249. The van der Waals surface area contributed by atoms with E-state index in [4.69, 9.17) is 0 Å². The van der Waals surface area contributed by atoms with E-state index in [9.17, 15) is 4.79 Å². The van der Waals surface area contributed by atoms with Crippen LogP contribution in [0, 0.1) is 6.92 Å². The number of rotatable bonds is 5. The number of anilines is 1. The van der Waals surface area contributed by atoms with E-state index >= 15 is 0 Å². The summed E-state index contributed by atoms with van der Waals surface area (Å²) >= 11 is 0. The average molecular weight is 340 g/mol. The van der Waals surface area contributed by atoms with Gasteiger partial charge in [0.1, 0.15) is 0 Å². The Morgan fingerprint density at radius 2 is 1.80 bits per heavy atom. The zero-order chi connectivity index (χ0) is 17.8. The third kappa shape index (κ3) is 3.93. The summed E-state index contributed by atoms with van der Waals surface area (Å²) < 4.78 is 0. The highest BCUT2D eigenvalue weighted by Gasteiger charge is 2.23. The van der Waals surface area contributed by atoms with Crippen molar-refractivity contribution in [3.05, 3.63) is 36.0 Å². The van der Waals surface area contributed by atoms with Gasteiger partial charge in [0, 0.05) is 42.9 Å². The van der Waals surface area contributed by atoms with Crippen LogP contribution in [-0.4, -0.2) is 66.5 Å². The number of carbonyl (C=O) groups excluding carboxylic acids is 1. The number of amides is 1. The van der Waals surface area contributed by atoms with Crippen molar-refractivity contribution in [1.29, 1.82) is 0 Å². The van der Waals surface area contributed by atoms with Gasteiger partial charge >= 0.3 is 0 Å². The number of likely N-dealkylation sites (N-methyl/N-ethyl adjacent to an activating group) is 1. The van der Waals surface area contributed by atoms with Crippen molar-refractivity contribution >= 4 is 22.5 Å². The summed E-state index contributed by atoms with van der Waals surface area (Å²) in [4.78, 5) is 23.7. The summed E-state index contributed by atoms with van der Waals surface area (Å²) in [6.07, 6.45) is 0. The van der Waals surface area contributed by atoms with E-state index in [2.05, 4.69) is 52.9 Å². The molecule has 1 aromatic heterocycles. The van der Waals surface area contributed by atoms with E-state index in [-0.39, 0.29) is 5.91 Å². The van der Waals surface area contributed by atoms with Gasteiger partial charge in [-0.15, -0.1) is 0 Å². The number of para-hydroxylation sites is 1. The summed E-state index contributed by atoms with van der Waals surface area (Å²) in [6.45, 7) is 11.9. The Kier molecular flexibility index (Phi) is 5.53. The van der Waals surface area contributed by atoms with Gasteiger partial charge in [0.25, 0.3) is 0 Å². The van der Waals surface area contributed by atoms with Gasteiger partial charge in [-0.05, 0) is 32.1 Å². The fraction of sp³-hybridized carbons (Fsp3) is 0.500. The minimum Gasteiger partial charge on any atom is -0.367 e. The molecule has 1 aliphatic heterocycles. The number of piperazine rings is 1. The Hall–Kier alpha value is -2.14. The first-order valence-corrected chi connectivity index (χ1v) is 9.23. The predicted octanol–water partition coefficient (Wildman–Crippen LogP) is 2.53. The van der Waals surface area contributed by atoms with Crippen LogP contribution in [0.25, 0.3) is 10.9 Å². The van der Waals surface area contributed by atoms with E-state index in [1.54, 1.807) is 0 Å². The lowest BCUT2D eigenvalue weighted by atomic mass is 10.1. The topological polar surface area (TPSA) is 39.7 Å². The number of fused-ring (bicyclic) bond motifs is 1. The molecule has 5 heteroatoms. The Bertz CT molecular complexity index is 734. The van der Waals surface area contributed by atoms with Gasteiger partial charge in [0.05, 0.1) is 12.1 Å². The predicted molar refractivity (Wildman–Crippen MR) is 103 cm³/mol. The van der Waals surface area contributed by atoms with Gasteiger partial charge in [0.15, 0.2) is 0 Å². The first-order valence-electron chi connectivity index (χ1n) is 9.23. The average Bonchev–Trinajstić information content (AvgIpc) is 2.65. The van der Waals surface area contributed by atoms with Crippen LogP contribution in [0.4, 0.5) is 5.69 Å². The molecule has 0 bridgehead atoms. The highest BCUT2D eigenvalue weighted by molar-refractivity contribution is 5.92. The molecule has 1 aromatic carbocycles. The van der Waals surface area contributed by atoms with Crippen LogP contribution in [-0.2, 0) is 4.79 Å². The third-order valence-corrected chi connectivity index (χ3v) is 5.05. The molecule has 0 radical (unpaired) electrons. The molecule has 1 fully saturated rings. The number of aromatic nitrogens is 1. The van der Waals surface area contributed by atoms with Crippen LogP contribution in [0.3, 0.4) is 0 Å². The van der Waals surface area contributed by atoms with E-state index in [1.807, 2.05) is 17.9 Å². The van der Waals surface area contributed by atoms with Gasteiger partial charge in [-0.2, -0.15) is 0 Å². The van der Waals surface area contributed by atoms with E-state index < -0.39 is 0 Å². The van der Waals surface area contributed by atoms with Crippen LogP contribution in [0.1, 0.15) is 19.5 Å². The van der Waals surface area contributed by atoms with E-state index in [0.717, 1.165) is 50.5 Å². The van der Waals surface area contributed by atoms with Crippen LogP contribution < -0.4 is 4.90 Å². The lowest BCUT2D eigenvalue weighted by molar-refractivity contribution is -0.132. The van der Waals surface area contributed by atoms with E-state index in [1.165, 1.54) is 11.1 Å². The Morgan fingerprint density at radius 1 is 1.12 bits per heavy atom. The van der Waals surface area contributed by atoms with Crippen molar-refractivity contribution in [2.45, 2.75) is 20.8 Å².